The monoisotopic (exact) mass is 238 g/mol. The Morgan fingerprint density at radius 2 is 2.24 bits per heavy atom. The van der Waals surface area contributed by atoms with E-state index in [4.69, 9.17) is 10.5 Å². The van der Waals surface area contributed by atoms with Crippen LogP contribution >= 0.6 is 0 Å². The topological polar surface area (TPSA) is 113 Å². The lowest BCUT2D eigenvalue weighted by Gasteiger charge is -2.12. The van der Waals surface area contributed by atoms with Gasteiger partial charge in [-0.15, -0.1) is 0 Å². The van der Waals surface area contributed by atoms with E-state index < -0.39 is 16.9 Å². The summed E-state index contributed by atoms with van der Waals surface area (Å²) in [5, 5.41) is 10.5. The number of rotatable bonds is 5. The van der Waals surface area contributed by atoms with Gasteiger partial charge in [0.2, 0.25) is 0 Å². The van der Waals surface area contributed by atoms with Crippen molar-refractivity contribution in [2.45, 2.75) is 13.0 Å². The van der Waals surface area contributed by atoms with E-state index >= 15 is 0 Å². The molecule has 0 radical (unpaired) electrons. The van der Waals surface area contributed by atoms with Gasteiger partial charge in [-0.25, -0.2) is 0 Å². The molecule has 0 aliphatic heterocycles. The summed E-state index contributed by atoms with van der Waals surface area (Å²) in [6, 6.07) is 3.49. The lowest BCUT2D eigenvalue weighted by Crippen LogP contribution is -2.30. The first-order valence-corrected chi connectivity index (χ1v) is 4.65. The second-order valence-corrected chi connectivity index (χ2v) is 3.26. The average Bonchev–Trinajstić information content (AvgIpc) is 2.28. The van der Waals surface area contributed by atoms with E-state index in [-0.39, 0.29) is 17.0 Å². The fraction of sp³-hybridized carbons (Fsp3) is 0.200. The van der Waals surface area contributed by atoms with Crippen LogP contribution in [0.15, 0.2) is 18.2 Å². The van der Waals surface area contributed by atoms with Gasteiger partial charge < -0.3 is 10.5 Å². The average molecular weight is 238 g/mol. The number of carbonyl (C=O) groups excluding carboxylic acids is 2. The number of nitro groups is 1. The van der Waals surface area contributed by atoms with E-state index in [9.17, 15) is 19.7 Å². The zero-order valence-electron chi connectivity index (χ0n) is 8.95. The third-order valence-corrected chi connectivity index (χ3v) is 2.04. The first kappa shape index (κ1) is 12.6. The molecule has 1 aromatic carbocycles. The Bertz CT molecular complexity index is 472. The lowest BCUT2D eigenvalue weighted by atomic mass is 10.2. The molecule has 0 saturated carbocycles. The Kier molecular flexibility index (Phi) is 3.76. The normalized spacial score (nSPS) is 11.6. The van der Waals surface area contributed by atoms with Gasteiger partial charge in [0.15, 0.2) is 12.4 Å². The van der Waals surface area contributed by atoms with Gasteiger partial charge in [0.25, 0.3) is 11.6 Å². The Morgan fingerprint density at radius 3 is 2.71 bits per heavy atom. The molecule has 2 N–H and O–H groups in total. The standard InChI is InChI=1S/C10H10N2O5/c1-6(10(11)14)17-9-3-2-8(12(15)16)4-7(9)5-13/h2-6H,1H3,(H2,11,14). The van der Waals surface area contributed by atoms with Crippen molar-refractivity contribution in [3.05, 3.63) is 33.9 Å². The molecule has 1 unspecified atom stereocenters. The summed E-state index contributed by atoms with van der Waals surface area (Å²) in [6.45, 7) is 1.42. The van der Waals surface area contributed by atoms with E-state index in [1.165, 1.54) is 19.1 Å². The van der Waals surface area contributed by atoms with E-state index in [1.807, 2.05) is 0 Å². The highest BCUT2D eigenvalue weighted by molar-refractivity contribution is 5.82. The molecule has 1 aromatic rings. The van der Waals surface area contributed by atoms with Crippen LogP contribution in [0.25, 0.3) is 0 Å². The maximum Gasteiger partial charge on any atom is 0.270 e. The lowest BCUT2D eigenvalue weighted by molar-refractivity contribution is -0.384. The number of nitrogens with zero attached hydrogens (tertiary/aromatic N) is 1. The van der Waals surface area contributed by atoms with Crippen molar-refractivity contribution in [1.29, 1.82) is 0 Å². The van der Waals surface area contributed by atoms with Crippen LogP contribution in [0.2, 0.25) is 0 Å². The summed E-state index contributed by atoms with van der Waals surface area (Å²) in [4.78, 5) is 31.4. The predicted octanol–water partition coefficient (Wildman–Crippen LogP) is 0.660. The number of aldehydes is 1. The smallest absolute Gasteiger partial charge is 0.270 e. The quantitative estimate of drug-likeness (QED) is 0.460. The van der Waals surface area contributed by atoms with Crippen LogP contribution in [0.3, 0.4) is 0 Å². The summed E-state index contributed by atoms with van der Waals surface area (Å²) in [5.41, 5.74) is 4.76. The summed E-state index contributed by atoms with van der Waals surface area (Å²) >= 11 is 0. The number of benzene rings is 1. The zero-order chi connectivity index (χ0) is 13.0. The molecule has 1 atom stereocenters. The van der Waals surface area contributed by atoms with E-state index in [1.54, 1.807) is 0 Å². The molecule has 0 aromatic heterocycles. The highest BCUT2D eigenvalue weighted by Gasteiger charge is 2.15. The summed E-state index contributed by atoms with van der Waals surface area (Å²) in [5.74, 6) is -0.614. The number of amides is 1. The van der Waals surface area contributed by atoms with Gasteiger partial charge in [-0.2, -0.15) is 0 Å². The molecule has 0 spiro atoms. The maximum atomic E-state index is 10.8. The molecule has 1 rings (SSSR count). The van der Waals surface area contributed by atoms with Crippen molar-refractivity contribution in [3.63, 3.8) is 0 Å². The molecule has 0 saturated heterocycles. The van der Waals surface area contributed by atoms with Crippen LogP contribution in [0.1, 0.15) is 17.3 Å². The number of hydrogen-bond donors (Lipinski definition) is 1. The minimum atomic E-state index is -0.921. The molecule has 0 aliphatic carbocycles. The maximum absolute atomic E-state index is 10.8. The molecule has 7 nitrogen and oxygen atoms in total. The molecule has 17 heavy (non-hydrogen) atoms. The van der Waals surface area contributed by atoms with Crippen molar-refractivity contribution in [2.75, 3.05) is 0 Å². The summed E-state index contributed by atoms with van der Waals surface area (Å²) in [7, 11) is 0. The molecule has 7 heteroatoms. The number of ether oxygens (including phenoxy) is 1. The number of hydrogen-bond acceptors (Lipinski definition) is 5. The number of nitrogens with two attached hydrogens (primary N) is 1. The zero-order valence-corrected chi connectivity index (χ0v) is 8.95. The largest absolute Gasteiger partial charge is 0.480 e. The van der Waals surface area contributed by atoms with E-state index in [2.05, 4.69) is 0 Å². The van der Waals surface area contributed by atoms with Crippen molar-refractivity contribution in [2.24, 2.45) is 5.73 Å². The van der Waals surface area contributed by atoms with Crippen LogP contribution in [0.5, 0.6) is 5.75 Å². The second-order valence-electron chi connectivity index (χ2n) is 3.26. The fourth-order valence-electron chi connectivity index (χ4n) is 1.10. The van der Waals surface area contributed by atoms with Gasteiger partial charge >= 0.3 is 0 Å². The Balaban J connectivity index is 3.05. The third kappa shape index (κ3) is 3.00. The van der Waals surface area contributed by atoms with Crippen LogP contribution in [-0.4, -0.2) is 23.2 Å². The van der Waals surface area contributed by atoms with Crippen molar-refractivity contribution >= 4 is 17.9 Å². The highest BCUT2D eigenvalue weighted by atomic mass is 16.6. The minimum absolute atomic E-state index is 0.00713. The number of nitro benzene ring substituents is 1. The first-order chi connectivity index (χ1) is 7.95. The van der Waals surface area contributed by atoms with Crippen molar-refractivity contribution < 1.29 is 19.2 Å². The van der Waals surface area contributed by atoms with Gasteiger partial charge in [-0.1, -0.05) is 0 Å². The fourth-order valence-corrected chi connectivity index (χ4v) is 1.10. The molecule has 90 valence electrons. The van der Waals surface area contributed by atoms with Crippen LogP contribution in [0.4, 0.5) is 5.69 Å². The van der Waals surface area contributed by atoms with Crippen LogP contribution in [-0.2, 0) is 4.79 Å². The molecule has 0 bridgehead atoms. The molecule has 0 aliphatic rings. The molecule has 0 heterocycles. The molecule has 0 fully saturated rings. The third-order valence-electron chi connectivity index (χ3n) is 2.04. The van der Waals surface area contributed by atoms with Gasteiger partial charge in [-0.3, -0.25) is 19.7 Å². The Hall–Kier alpha value is -2.44. The van der Waals surface area contributed by atoms with Crippen LogP contribution in [0, 0.1) is 10.1 Å². The number of carbonyl (C=O) groups is 2. The van der Waals surface area contributed by atoms with Crippen LogP contribution < -0.4 is 10.5 Å². The highest BCUT2D eigenvalue weighted by Crippen LogP contribution is 2.23. The van der Waals surface area contributed by atoms with Crippen molar-refractivity contribution in [1.82, 2.24) is 0 Å². The van der Waals surface area contributed by atoms with Gasteiger partial charge in [0.1, 0.15) is 5.75 Å². The predicted molar refractivity (Wildman–Crippen MR) is 57.8 cm³/mol. The van der Waals surface area contributed by atoms with E-state index in [0.717, 1.165) is 6.07 Å². The van der Waals surface area contributed by atoms with Gasteiger partial charge in [0.05, 0.1) is 10.5 Å². The molecular formula is C10H10N2O5. The van der Waals surface area contributed by atoms with E-state index in [0.29, 0.717) is 6.29 Å². The number of primary amides is 1. The Morgan fingerprint density at radius 1 is 1.59 bits per heavy atom. The van der Waals surface area contributed by atoms with Gasteiger partial charge in [-0.05, 0) is 13.0 Å². The summed E-state index contributed by atoms with van der Waals surface area (Å²) in [6.07, 6.45) is -0.508. The summed E-state index contributed by atoms with van der Waals surface area (Å²) < 4.78 is 5.10. The number of non-ortho nitro benzene ring substituents is 1. The second kappa shape index (κ2) is 5.06. The minimum Gasteiger partial charge on any atom is -0.480 e. The molecule has 1 amide bonds. The SMILES string of the molecule is CC(Oc1ccc([N+](=O)[O-])cc1C=O)C(N)=O. The van der Waals surface area contributed by atoms with Gasteiger partial charge in [0, 0.05) is 12.1 Å². The first-order valence-electron chi connectivity index (χ1n) is 4.65. The Labute approximate surface area is 96.3 Å². The molecular weight excluding hydrogens is 228 g/mol. The van der Waals surface area contributed by atoms with Crippen molar-refractivity contribution in [3.8, 4) is 5.75 Å².